The second kappa shape index (κ2) is 6.76. The van der Waals surface area contributed by atoms with Crippen LogP contribution in [0, 0.1) is 0 Å². The van der Waals surface area contributed by atoms with Crippen LogP contribution < -0.4 is 10.2 Å². The van der Waals surface area contributed by atoms with E-state index in [0.29, 0.717) is 21.9 Å². The van der Waals surface area contributed by atoms with Gasteiger partial charge in [0.25, 0.3) is 5.91 Å². The van der Waals surface area contributed by atoms with Crippen molar-refractivity contribution < 1.29 is 14.6 Å². The molecule has 0 bridgehead atoms. The van der Waals surface area contributed by atoms with Crippen LogP contribution in [0.2, 0.25) is 5.02 Å². The Balaban J connectivity index is 2.09. The summed E-state index contributed by atoms with van der Waals surface area (Å²) in [6.07, 6.45) is 1.33. The van der Waals surface area contributed by atoms with E-state index in [2.05, 4.69) is 10.5 Å². The molecule has 108 valence electrons. The molecule has 1 amide bonds. The molecule has 0 fully saturated rings. The largest absolute Gasteiger partial charge is 0.507 e. The van der Waals surface area contributed by atoms with Gasteiger partial charge in [0.1, 0.15) is 11.5 Å². The van der Waals surface area contributed by atoms with Gasteiger partial charge in [-0.25, -0.2) is 5.43 Å². The molecule has 6 heteroatoms. The third-order valence-electron chi connectivity index (χ3n) is 2.72. The third kappa shape index (κ3) is 3.73. The highest BCUT2D eigenvalue weighted by Crippen LogP contribution is 2.21. The molecule has 2 aromatic rings. The van der Waals surface area contributed by atoms with Gasteiger partial charge >= 0.3 is 0 Å². The van der Waals surface area contributed by atoms with Crippen LogP contribution in [-0.2, 0) is 0 Å². The molecule has 0 aliphatic carbocycles. The number of nitrogens with one attached hydrogen (secondary N) is 1. The fourth-order valence-electron chi connectivity index (χ4n) is 1.63. The highest BCUT2D eigenvalue weighted by Gasteiger charge is 2.08. The number of carbonyl (C=O) groups is 1. The molecule has 0 aliphatic heterocycles. The molecule has 2 N–H and O–H groups in total. The number of aromatic hydroxyl groups is 1. The first-order valence-corrected chi connectivity index (χ1v) is 6.44. The predicted molar refractivity (Wildman–Crippen MR) is 81.2 cm³/mol. The standard InChI is InChI=1S/C15H13ClN2O3/c1-21-11-6-7-14(19)10(8-11)9-17-18-15(20)12-4-2-3-5-13(12)16/h2-9,19H,1H3,(H,18,20). The molecule has 0 spiro atoms. The topological polar surface area (TPSA) is 70.9 Å². The van der Waals surface area contributed by atoms with Crippen LogP contribution in [0.15, 0.2) is 47.6 Å². The van der Waals surface area contributed by atoms with Crippen LogP contribution in [0.1, 0.15) is 15.9 Å². The van der Waals surface area contributed by atoms with E-state index in [1.807, 2.05) is 0 Å². The minimum atomic E-state index is -0.431. The van der Waals surface area contributed by atoms with E-state index in [1.165, 1.54) is 19.4 Å². The summed E-state index contributed by atoms with van der Waals surface area (Å²) in [6, 6.07) is 11.4. The number of benzene rings is 2. The summed E-state index contributed by atoms with van der Waals surface area (Å²) < 4.78 is 5.04. The zero-order valence-electron chi connectivity index (χ0n) is 11.2. The zero-order chi connectivity index (χ0) is 15.2. The molecule has 2 aromatic carbocycles. The number of hydrogen-bond donors (Lipinski definition) is 2. The summed E-state index contributed by atoms with van der Waals surface area (Å²) in [4.78, 5) is 11.9. The first-order valence-electron chi connectivity index (χ1n) is 6.06. The highest BCUT2D eigenvalue weighted by molar-refractivity contribution is 6.33. The molecule has 0 atom stereocenters. The van der Waals surface area contributed by atoms with Crippen LogP contribution in [0.25, 0.3) is 0 Å². The average molecular weight is 305 g/mol. The molecule has 0 heterocycles. The van der Waals surface area contributed by atoms with E-state index in [9.17, 15) is 9.90 Å². The first-order chi connectivity index (χ1) is 10.1. The van der Waals surface area contributed by atoms with Crippen LogP contribution in [0.4, 0.5) is 0 Å². The molecule has 21 heavy (non-hydrogen) atoms. The van der Waals surface area contributed by atoms with Gasteiger partial charge in [-0.15, -0.1) is 0 Å². The second-order valence-corrected chi connectivity index (χ2v) is 4.51. The normalized spacial score (nSPS) is 10.6. The summed E-state index contributed by atoms with van der Waals surface area (Å²) in [5, 5.41) is 13.8. The van der Waals surface area contributed by atoms with Gasteiger partial charge in [-0.1, -0.05) is 23.7 Å². The maximum Gasteiger partial charge on any atom is 0.272 e. The summed E-state index contributed by atoms with van der Waals surface area (Å²) in [5.74, 6) is 0.178. The first kappa shape index (κ1) is 14.9. The molecule has 0 saturated heterocycles. The van der Waals surface area contributed by atoms with Gasteiger partial charge in [0.05, 0.1) is 23.9 Å². The van der Waals surface area contributed by atoms with Gasteiger partial charge in [-0.2, -0.15) is 5.10 Å². The van der Waals surface area contributed by atoms with Crippen molar-refractivity contribution in [3.05, 3.63) is 58.6 Å². The number of nitrogens with zero attached hydrogens (tertiary/aromatic N) is 1. The molecular weight excluding hydrogens is 292 g/mol. The van der Waals surface area contributed by atoms with Crippen molar-refractivity contribution in [2.45, 2.75) is 0 Å². The minimum absolute atomic E-state index is 0.0338. The Morgan fingerprint density at radius 2 is 2.10 bits per heavy atom. The number of methoxy groups -OCH3 is 1. The van der Waals surface area contributed by atoms with Crippen molar-refractivity contribution in [3.8, 4) is 11.5 Å². The van der Waals surface area contributed by atoms with E-state index < -0.39 is 5.91 Å². The van der Waals surface area contributed by atoms with Crippen molar-refractivity contribution in [2.75, 3.05) is 7.11 Å². The number of ether oxygens (including phenoxy) is 1. The fourth-order valence-corrected chi connectivity index (χ4v) is 1.85. The molecular formula is C15H13ClN2O3. The zero-order valence-corrected chi connectivity index (χ0v) is 12.0. The highest BCUT2D eigenvalue weighted by atomic mass is 35.5. The van der Waals surface area contributed by atoms with E-state index >= 15 is 0 Å². The van der Waals surface area contributed by atoms with E-state index in [-0.39, 0.29) is 5.75 Å². The Hall–Kier alpha value is -2.53. The molecule has 2 rings (SSSR count). The summed E-state index contributed by atoms with van der Waals surface area (Å²) in [6.45, 7) is 0. The summed E-state index contributed by atoms with van der Waals surface area (Å²) >= 11 is 5.91. The lowest BCUT2D eigenvalue weighted by Gasteiger charge is -2.04. The van der Waals surface area contributed by atoms with E-state index in [1.54, 1.807) is 36.4 Å². The number of phenols is 1. The fraction of sp³-hybridized carbons (Fsp3) is 0.0667. The second-order valence-electron chi connectivity index (χ2n) is 4.10. The van der Waals surface area contributed by atoms with Crippen LogP contribution >= 0.6 is 11.6 Å². The average Bonchev–Trinajstić information content (AvgIpc) is 2.49. The number of phenolic OH excluding ortho intramolecular Hbond substituents is 1. The quantitative estimate of drug-likeness (QED) is 0.674. The number of rotatable bonds is 4. The Kier molecular flexibility index (Phi) is 4.79. The number of carbonyl (C=O) groups excluding carboxylic acids is 1. The van der Waals surface area contributed by atoms with Gasteiger partial charge < -0.3 is 9.84 Å². The maximum atomic E-state index is 11.9. The van der Waals surface area contributed by atoms with Crippen molar-refractivity contribution in [1.29, 1.82) is 0 Å². The lowest BCUT2D eigenvalue weighted by Crippen LogP contribution is -2.17. The van der Waals surface area contributed by atoms with Crippen molar-refractivity contribution in [2.24, 2.45) is 5.10 Å². The summed E-state index contributed by atoms with van der Waals surface area (Å²) in [7, 11) is 1.52. The summed E-state index contributed by atoms with van der Waals surface area (Å²) in [5.41, 5.74) is 3.10. The van der Waals surface area contributed by atoms with Gasteiger partial charge in [-0.3, -0.25) is 4.79 Å². The maximum absolute atomic E-state index is 11.9. The molecule has 5 nitrogen and oxygen atoms in total. The van der Waals surface area contributed by atoms with Crippen molar-refractivity contribution in [1.82, 2.24) is 5.43 Å². The molecule has 0 unspecified atom stereocenters. The van der Waals surface area contributed by atoms with Crippen LogP contribution in [0.3, 0.4) is 0 Å². The van der Waals surface area contributed by atoms with Crippen molar-refractivity contribution in [3.63, 3.8) is 0 Å². The Labute approximate surface area is 126 Å². The lowest BCUT2D eigenvalue weighted by atomic mass is 10.2. The van der Waals surface area contributed by atoms with Crippen LogP contribution in [0.5, 0.6) is 11.5 Å². The van der Waals surface area contributed by atoms with Gasteiger partial charge in [-0.05, 0) is 30.3 Å². The smallest absolute Gasteiger partial charge is 0.272 e. The molecule has 0 aromatic heterocycles. The Bertz CT molecular complexity index is 686. The van der Waals surface area contributed by atoms with Gasteiger partial charge in [0.2, 0.25) is 0 Å². The monoisotopic (exact) mass is 304 g/mol. The molecule has 0 aliphatic rings. The Morgan fingerprint density at radius 3 is 2.81 bits per heavy atom. The Morgan fingerprint density at radius 1 is 1.33 bits per heavy atom. The van der Waals surface area contributed by atoms with Crippen molar-refractivity contribution >= 4 is 23.7 Å². The predicted octanol–water partition coefficient (Wildman–Crippen LogP) is 2.82. The molecule has 0 saturated carbocycles. The number of hydrogen-bond acceptors (Lipinski definition) is 4. The number of amides is 1. The number of hydrazone groups is 1. The lowest BCUT2D eigenvalue weighted by molar-refractivity contribution is 0.0955. The number of halogens is 1. The van der Waals surface area contributed by atoms with E-state index in [0.717, 1.165) is 0 Å². The minimum Gasteiger partial charge on any atom is -0.507 e. The molecule has 0 radical (unpaired) electrons. The SMILES string of the molecule is COc1ccc(O)c(C=NNC(=O)c2ccccc2Cl)c1. The van der Waals surface area contributed by atoms with Crippen LogP contribution in [-0.4, -0.2) is 24.3 Å². The van der Waals surface area contributed by atoms with Gasteiger partial charge in [0.15, 0.2) is 0 Å². The third-order valence-corrected chi connectivity index (χ3v) is 3.05. The van der Waals surface area contributed by atoms with Gasteiger partial charge in [0, 0.05) is 5.56 Å². The van der Waals surface area contributed by atoms with E-state index in [4.69, 9.17) is 16.3 Å².